The number of carbonyl (C=O) groups is 3. The second kappa shape index (κ2) is 7.63. The van der Waals surface area contributed by atoms with Crippen LogP contribution in [0.1, 0.15) is 45.0 Å². The predicted octanol–water partition coefficient (Wildman–Crippen LogP) is 2.64. The van der Waals surface area contributed by atoms with Gasteiger partial charge in [0.1, 0.15) is 11.1 Å². The molecule has 0 radical (unpaired) electrons. The third kappa shape index (κ3) is 5.11. The summed E-state index contributed by atoms with van der Waals surface area (Å²) >= 11 is 0. The Morgan fingerprint density at radius 1 is 1.12 bits per heavy atom. The van der Waals surface area contributed by atoms with E-state index >= 15 is 0 Å². The lowest BCUT2D eigenvalue weighted by atomic mass is 10.0. The minimum Gasteiger partial charge on any atom is -0.465 e. The fourth-order valence-corrected chi connectivity index (χ4v) is 1.90. The van der Waals surface area contributed by atoms with Crippen molar-refractivity contribution in [2.24, 2.45) is 0 Å². The van der Waals surface area contributed by atoms with E-state index in [0.717, 1.165) is 0 Å². The van der Waals surface area contributed by atoms with Crippen molar-refractivity contribution in [3.05, 3.63) is 23.8 Å². The van der Waals surface area contributed by atoms with Crippen LogP contribution in [0.5, 0.6) is 0 Å². The summed E-state index contributed by atoms with van der Waals surface area (Å²) in [5.41, 5.74) is 4.74. The van der Waals surface area contributed by atoms with Crippen LogP contribution < -0.4 is 11.1 Å². The zero-order chi connectivity index (χ0) is 20.3. The molecule has 8 heteroatoms. The van der Waals surface area contributed by atoms with E-state index in [1.54, 1.807) is 34.6 Å². The fourth-order valence-electron chi connectivity index (χ4n) is 1.90. The molecule has 0 heterocycles. The maximum absolute atomic E-state index is 12.7. The Bertz CT molecular complexity index is 707. The lowest BCUT2D eigenvalue weighted by Crippen LogP contribution is -2.54. The summed E-state index contributed by atoms with van der Waals surface area (Å²) in [5.74, 6) is -1.04. The fraction of sp³-hybridized carbons (Fsp3) is 0.500. The molecule has 1 aromatic rings. The zero-order valence-electron chi connectivity index (χ0n) is 16.3. The second-order valence-electron chi connectivity index (χ2n) is 7.35. The number of nitrogen functional groups attached to an aromatic ring is 1. The highest BCUT2D eigenvalue weighted by molar-refractivity contribution is 6.02. The van der Waals surface area contributed by atoms with Crippen molar-refractivity contribution in [2.75, 3.05) is 25.2 Å². The normalized spacial score (nSPS) is 11.5. The lowest BCUT2D eigenvalue weighted by molar-refractivity contribution is -0.125. The van der Waals surface area contributed by atoms with E-state index in [1.165, 1.54) is 37.3 Å². The average Bonchev–Trinajstić information content (AvgIpc) is 2.53. The molecule has 0 aliphatic carbocycles. The van der Waals surface area contributed by atoms with Crippen molar-refractivity contribution in [2.45, 2.75) is 45.8 Å². The maximum Gasteiger partial charge on any atom is 0.410 e. The van der Waals surface area contributed by atoms with Crippen LogP contribution in [0.15, 0.2) is 18.2 Å². The Kier molecular flexibility index (Phi) is 6.25. The van der Waals surface area contributed by atoms with Crippen LogP contribution in [0.4, 0.5) is 16.2 Å². The highest BCUT2D eigenvalue weighted by atomic mass is 16.6. The van der Waals surface area contributed by atoms with Crippen LogP contribution in [0.2, 0.25) is 0 Å². The van der Waals surface area contributed by atoms with Crippen molar-refractivity contribution in [1.29, 1.82) is 0 Å². The molecule has 0 saturated carbocycles. The molecule has 8 nitrogen and oxygen atoms in total. The molecule has 0 unspecified atom stereocenters. The number of ether oxygens (including phenoxy) is 2. The monoisotopic (exact) mass is 365 g/mol. The summed E-state index contributed by atoms with van der Waals surface area (Å²) in [4.78, 5) is 37.8. The molecule has 144 valence electrons. The minimum atomic E-state index is -1.23. The van der Waals surface area contributed by atoms with Crippen molar-refractivity contribution in [3.63, 3.8) is 0 Å². The zero-order valence-corrected chi connectivity index (χ0v) is 16.3. The van der Waals surface area contributed by atoms with E-state index in [-0.39, 0.29) is 16.9 Å². The molecular formula is C18H27N3O5. The topological polar surface area (TPSA) is 111 Å². The van der Waals surface area contributed by atoms with Gasteiger partial charge in [0, 0.05) is 7.05 Å². The SMILES string of the molecule is COC(=O)c1ccc(N)c(NC(=O)C(C)(C)N(C)C(=O)OC(C)(C)C)c1. The summed E-state index contributed by atoms with van der Waals surface area (Å²) in [5, 5.41) is 2.65. The van der Waals surface area contributed by atoms with Crippen molar-refractivity contribution < 1.29 is 23.9 Å². The van der Waals surface area contributed by atoms with Crippen molar-refractivity contribution in [1.82, 2.24) is 4.90 Å². The number of nitrogens with one attached hydrogen (secondary N) is 1. The van der Waals surface area contributed by atoms with E-state index in [4.69, 9.17) is 10.5 Å². The molecule has 1 rings (SSSR count). The minimum absolute atomic E-state index is 0.246. The summed E-state index contributed by atoms with van der Waals surface area (Å²) < 4.78 is 9.95. The highest BCUT2D eigenvalue weighted by Gasteiger charge is 2.37. The van der Waals surface area contributed by atoms with Crippen molar-refractivity contribution in [3.8, 4) is 0 Å². The number of amides is 2. The standard InChI is InChI=1S/C18H27N3O5/c1-17(2,3)26-16(24)21(6)18(4,5)15(23)20-13-10-11(14(22)25-7)8-9-12(13)19/h8-10H,19H2,1-7H3,(H,20,23). The second-order valence-corrected chi connectivity index (χ2v) is 7.35. The van der Waals surface area contributed by atoms with Gasteiger partial charge in [0.2, 0.25) is 5.91 Å². The summed E-state index contributed by atoms with van der Waals surface area (Å²) in [6.45, 7) is 8.37. The van der Waals surface area contributed by atoms with Gasteiger partial charge in [-0.2, -0.15) is 0 Å². The average molecular weight is 365 g/mol. The molecule has 0 fully saturated rings. The Balaban J connectivity index is 3.01. The number of carbonyl (C=O) groups excluding carboxylic acids is 3. The van der Waals surface area contributed by atoms with Gasteiger partial charge in [0.15, 0.2) is 0 Å². The van der Waals surface area contributed by atoms with Crippen LogP contribution >= 0.6 is 0 Å². The number of rotatable bonds is 4. The Morgan fingerprint density at radius 3 is 2.19 bits per heavy atom. The number of likely N-dealkylation sites (N-methyl/N-ethyl adjacent to an activating group) is 1. The molecule has 1 aromatic carbocycles. The number of hydrogen-bond donors (Lipinski definition) is 2. The molecule has 0 aromatic heterocycles. The summed E-state index contributed by atoms with van der Waals surface area (Å²) in [7, 11) is 2.73. The smallest absolute Gasteiger partial charge is 0.410 e. The Labute approximate surface area is 153 Å². The van der Waals surface area contributed by atoms with Gasteiger partial charge in [-0.3, -0.25) is 9.69 Å². The van der Waals surface area contributed by atoms with Gasteiger partial charge in [-0.15, -0.1) is 0 Å². The van der Waals surface area contributed by atoms with Gasteiger partial charge in [-0.25, -0.2) is 9.59 Å². The Hall–Kier alpha value is -2.77. The lowest BCUT2D eigenvalue weighted by Gasteiger charge is -2.35. The first-order valence-electron chi connectivity index (χ1n) is 8.05. The number of nitrogens with two attached hydrogens (primary N) is 1. The predicted molar refractivity (Wildman–Crippen MR) is 98.9 cm³/mol. The van der Waals surface area contributed by atoms with Gasteiger partial charge in [-0.1, -0.05) is 0 Å². The number of hydrogen-bond acceptors (Lipinski definition) is 6. The summed E-state index contributed by atoms with van der Waals surface area (Å²) in [6, 6.07) is 4.41. The molecule has 2 amide bonds. The molecule has 0 aliphatic rings. The first-order valence-corrected chi connectivity index (χ1v) is 8.05. The van der Waals surface area contributed by atoms with Crippen LogP contribution in [0.25, 0.3) is 0 Å². The van der Waals surface area contributed by atoms with Gasteiger partial charge < -0.3 is 20.5 Å². The first kappa shape index (κ1) is 21.3. The Morgan fingerprint density at radius 2 is 1.69 bits per heavy atom. The third-order valence-electron chi connectivity index (χ3n) is 3.78. The van der Waals surface area contributed by atoms with E-state index in [2.05, 4.69) is 10.1 Å². The maximum atomic E-state index is 12.7. The molecule has 0 aliphatic heterocycles. The molecule has 0 atom stereocenters. The van der Waals surface area contributed by atoms with Crippen LogP contribution in [0.3, 0.4) is 0 Å². The first-order chi connectivity index (χ1) is 11.8. The van der Waals surface area contributed by atoms with Gasteiger partial charge >= 0.3 is 12.1 Å². The van der Waals surface area contributed by atoms with Crippen LogP contribution in [-0.2, 0) is 14.3 Å². The highest BCUT2D eigenvalue weighted by Crippen LogP contribution is 2.24. The van der Waals surface area contributed by atoms with E-state index < -0.39 is 29.1 Å². The van der Waals surface area contributed by atoms with Gasteiger partial charge in [-0.05, 0) is 52.8 Å². The van der Waals surface area contributed by atoms with Gasteiger partial charge in [0.25, 0.3) is 0 Å². The molecule has 0 spiro atoms. The van der Waals surface area contributed by atoms with Gasteiger partial charge in [0.05, 0.1) is 24.0 Å². The number of anilines is 2. The molecule has 0 bridgehead atoms. The van der Waals surface area contributed by atoms with Crippen molar-refractivity contribution >= 4 is 29.3 Å². The molecule has 0 saturated heterocycles. The largest absolute Gasteiger partial charge is 0.465 e. The van der Waals surface area contributed by atoms with E-state index in [0.29, 0.717) is 0 Å². The van der Waals surface area contributed by atoms with E-state index in [1.807, 2.05) is 0 Å². The van der Waals surface area contributed by atoms with E-state index in [9.17, 15) is 14.4 Å². The number of benzene rings is 1. The quantitative estimate of drug-likeness (QED) is 0.627. The summed E-state index contributed by atoms with van der Waals surface area (Å²) in [6.07, 6.45) is -0.631. The molecule has 3 N–H and O–H groups in total. The van der Waals surface area contributed by atoms with Crippen LogP contribution in [-0.4, -0.2) is 48.2 Å². The number of nitrogens with zero attached hydrogens (tertiary/aromatic N) is 1. The molecule has 26 heavy (non-hydrogen) atoms. The number of methoxy groups -OCH3 is 1. The third-order valence-corrected chi connectivity index (χ3v) is 3.78. The molecular weight excluding hydrogens is 338 g/mol. The van der Waals surface area contributed by atoms with Crippen LogP contribution in [0, 0.1) is 0 Å². The number of esters is 1.